The smallest absolute Gasteiger partial charge is 0.320 e. The molecule has 0 aliphatic carbocycles. The maximum absolute atomic E-state index is 12.5. The maximum atomic E-state index is 12.5. The van der Waals surface area contributed by atoms with Crippen molar-refractivity contribution >= 4 is 12.0 Å². The van der Waals surface area contributed by atoms with Crippen molar-refractivity contribution in [2.45, 2.75) is 19.3 Å². The van der Waals surface area contributed by atoms with Crippen LogP contribution in [-0.4, -0.2) is 89.3 Å². The highest BCUT2D eigenvalue weighted by Crippen LogP contribution is 2.20. The molecule has 2 saturated heterocycles. The quantitative estimate of drug-likeness (QED) is 0.757. The number of carboxylic acid groups (broad SMARTS) is 1. The number of nitrogens with zero attached hydrogens (tertiary/aromatic N) is 3. The predicted octanol–water partition coefficient (Wildman–Crippen LogP) is -0.0970. The topological polar surface area (TPSA) is 84.3 Å². The van der Waals surface area contributed by atoms with E-state index in [1.807, 2.05) is 14.7 Å². The number of amides is 2. The van der Waals surface area contributed by atoms with Gasteiger partial charge in [-0.3, -0.25) is 9.69 Å². The maximum Gasteiger partial charge on any atom is 0.320 e. The van der Waals surface area contributed by atoms with Crippen molar-refractivity contribution in [2.75, 3.05) is 52.4 Å². The second-order valence-electron chi connectivity index (χ2n) is 5.91. The SMILES string of the molecule is O=C(O)CN1CCCN(C(=O)N2CCC(CCO)C2)CC1. The second-order valence-corrected chi connectivity index (χ2v) is 5.91. The first-order chi connectivity index (χ1) is 10.1. The molecule has 2 rings (SSSR count). The summed E-state index contributed by atoms with van der Waals surface area (Å²) in [6.45, 7) is 4.34. The number of carboxylic acids is 1. The molecule has 0 radical (unpaired) electrons. The third-order valence-electron chi connectivity index (χ3n) is 4.31. The normalized spacial score (nSPS) is 24.1. The third-order valence-corrected chi connectivity index (χ3v) is 4.31. The largest absolute Gasteiger partial charge is 0.480 e. The molecule has 2 fully saturated rings. The molecule has 2 N–H and O–H groups in total. The molecular weight excluding hydrogens is 274 g/mol. The summed E-state index contributed by atoms with van der Waals surface area (Å²) in [5.74, 6) is -0.407. The van der Waals surface area contributed by atoms with Crippen LogP contribution in [0.25, 0.3) is 0 Å². The van der Waals surface area contributed by atoms with Gasteiger partial charge in [-0.25, -0.2) is 4.79 Å². The second kappa shape index (κ2) is 7.61. The van der Waals surface area contributed by atoms with E-state index in [1.54, 1.807) is 0 Å². The molecule has 7 nitrogen and oxygen atoms in total. The number of urea groups is 1. The molecule has 0 saturated carbocycles. The van der Waals surface area contributed by atoms with Gasteiger partial charge in [-0.2, -0.15) is 0 Å². The standard InChI is InChI=1S/C14H25N3O4/c18-9-3-12-2-6-17(10-12)14(21)16-5-1-4-15(7-8-16)11-13(19)20/h12,18H,1-11H2,(H,19,20). The van der Waals surface area contributed by atoms with Crippen molar-refractivity contribution in [1.29, 1.82) is 0 Å². The van der Waals surface area contributed by atoms with Gasteiger partial charge in [-0.1, -0.05) is 0 Å². The molecule has 7 heteroatoms. The predicted molar refractivity (Wildman–Crippen MR) is 77.0 cm³/mol. The van der Waals surface area contributed by atoms with Gasteiger partial charge in [0.1, 0.15) is 0 Å². The van der Waals surface area contributed by atoms with Gasteiger partial charge in [0.15, 0.2) is 0 Å². The Morgan fingerprint density at radius 3 is 2.57 bits per heavy atom. The van der Waals surface area contributed by atoms with Crippen LogP contribution in [0.2, 0.25) is 0 Å². The fourth-order valence-corrected chi connectivity index (χ4v) is 3.14. The van der Waals surface area contributed by atoms with Gasteiger partial charge in [-0.15, -0.1) is 0 Å². The highest BCUT2D eigenvalue weighted by atomic mass is 16.4. The number of carbonyl (C=O) groups is 2. The van der Waals surface area contributed by atoms with Crippen molar-refractivity contribution in [2.24, 2.45) is 5.92 Å². The van der Waals surface area contributed by atoms with Crippen molar-refractivity contribution in [3.05, 3.63) is 0 Å². The lowest BCUT2D eigenvalue weighted by atomic mass is 10.1. The van der Waals surface area contributed by atoms with Gasteiger partial charge < -0.3 is 20.0 Å². The molecule has 0 aromatic heterocycles. The Balaban J connectivity index is 1.82. The van der Waals surface area contributed by atoms with E-state index in [4.69, 9.17) is 10.2 Å². The van der Waals surface area contributed by atoms with Gasteiger partial charge in [0.2, 0.25) is 0 Å². The van der Waals surface area contributed by atoms with Crippen LogP contribution in [0.15, 0.2) is 0 Å². The Morgan fingerprint density at radius 1 is 1.05 bits per heavy atom. The molecule has 2 heterocycles. The van der Waals surface area contributed by atoms with Crippen LogP contribution in [0.5, 0.6) is 0 Å². The molecule has 0 aromatic carbocycles. The molecule has 2 amide bonds. The minimum Gasteiger partial charge on any atom is -0.480 e. The Labute approximate surface area is 125 Å². The van der Waals surface area contributed by atoms with Gasteiger partial charge in [0, 0.05) is 45.9 Å². The summed E-state index contributed by atoms with van der Waals surface area (Å²) in [4.78, 5) is 28.8. The van der Waals surface area contributed by atoms with Crippen molar-refractivity contribution in [1.82, 2.24) is 14.7 Å². The first kappa shape index (κ1) is 16.0. The van der Waals surface area contributed by atoms with Crippen molar-refractivity contribution in [3.63, 3.8) is 0 Å². The minimum absolute atomic E-state index is 0.0460. The van der Waals surface area contributed by atoms with Gasteiger partial charge in [0.25, 0.3) is 0 Å². The van der Waals surface area contributed by atoms with E-state index in [-0.39, 0.29) is 19.2 Å². The summed E-state index contributed by atoms with van der Waals surface area (Å²) in [5, 5.41) is 17.8. The van der Waals surface area contributed by atoms with Crippen molar-refractivity contribution in [3.8, 4) is 0 Å². The van der Waals surface area contributed by atoms with Gasteiger partial charge in [-0.05, 0) is 25.2 Å². The average Bonchev–Trinajstić information content (AvgIpc) is 2.78. The number of aliphatic hydroxyl groups is 1. The van der Waals surface area contributed by atoms with Crippen LogP contribution in [0.1, 0.15) is 19.3 Å². The molecule has 0 aromatic rings. The van der Waals surface area contributed by atoms with Gasteiger partial charge in [0.05, 0.1) is 6.54 Å². The molecule has 120 valence electrons. The Bertz CT molecular complexity index is 377. The number of likely N-dealkylation sites (tertiary alicyclic amines) is 1. The monoisotopic (exact) mass is 299 g/mol. The fourth-order valence-electron chi connectivity index (χ4n) is 3.14. The zero-order valence-corrected chi connectivity index (χ0v) is 12.4. The summed E-state index contributed by atoms with van der Waals surface area (Å²) < 4.78 is 0. The lowest BCUT2D eigenvalue weighted by molar-refractivity contribution is -0.138. The number of rotatable bonds is 4. The average molecular weight is 299 g/mol. The first-order valence-electron chi connectivity index (χ1n) is 7.69. The Hall–Kier alpha value is -1.34. The summed E-state index contributed by atoms with van der Waals surface area (Å²) in [6.07, 6.45) is 2.54. The molecular formula is C14H25N3O4. The van der Waals surface area contributed by atoms with Crippen LogP contribution in [-0.2, 0) is 4.79 Å². The van der Waals surface area contributed by atoms with E-state index in [0.717, 1.165) is 38.9 Å². The van der Waals surface area contributed by atoms with E-state index in [2.05, 4.69) is 0 Å². The van der Waals surface area contributed by atoms with Crippen molar-refractivity contribution < 1.29 is 19.8 Å². The summed E-state index contributed by atoms with van der Waals surface area (Å²) >= 11 is 0. The third kappa shape index (κ3) is 4.57. The Morgan fingerprint density at radius 2 is 1.86 bits per heavy atom. The van der Waals surface area contributed by atoms with E-state index < -0.39 is 5.97 Å². The minimum atomic E-state index is -0.818. The van der Waals surface area contributed by atoms with E-state index in [0.29, 0.717) is 25.6 Å². The molecule has 21 heavy (non-hydrogen) atoms. The van der Waals surface area contributed by atoms with Crippen LogP contribution >= 0.6 is 0 Å². The molecule has 1 unspecified atom stereocenters. The number of carbonyl (C=O) groups excluding carboxylic acids is 1. The summed E-state index contributed by atoms with van der Waals surface area (Å²) in [6, 6.07) is 0.0626. The van der Waals surface area contributed by atoms with Crippen LogP contribution in [0.3, 0.4) is 0 Å². The van der Waals surface area contributed by atoms with Crippen LogP contribution < -0.4 is 0 Å². The highest BCUT2D eigenvalue weighted by Gasteiger charge is 2.30. The lowest BCUT2D eigenvalue weighted by Gasteiger charge is -2.27. The molecule has 0 spiro atoms. The summed E-state index contributed by atoms with van der Waals surface area (Å²) in [7, 11) is 0. The van der Waals surface area contributed by atoms with Gasteiger partial charge >= 0.3 is 12.0 Å². The lowest BCUT2D eigenvalue weighted by Crippen LogP contribution is -2.44. The molecule has 1 atom stereocenters. The Kier molecular flexibility index (Phi) is 5.81. The highest BCUT2D eigenvalue weighted by molar-refractivity contribution is 5.75. The number of aliphatic hydroxyl groups excluding tert-OH is 1. The molecule has 0 bridgehead atoms. The molecule has 2 aliphatic heterocycles. The van der Waals surface area contributed by atoms with E-state index >= 15 is 0 Å². The van der Waals surface area contributed by atoms with Crippen LogP contribution in [0.4, 0.5) is 4.79 Å². The fraction of sp³-hybridized carbons (Fsp3) is 0.857. The zero-order valence-electron chi connectivity index (χ0n) is 12.4. The van der Waals surface area contributed by atoms with Crippen LogP contribution in [0, 0.1) is 5.92 Å². The zero-order chi connectivity index (χ0) is 15.2. The molecule has 2 aliphatic rings. The van der Waals surface area contributed by atoms with E-state index in [9.17, 15) is 9.59 Å². The van der Waals surface area contributed by atoms with E-state index in [1.165, 1.54) is 0 Å². The number of hydrogen-bond acceptors (Lipinski definition) is 4. The summed E-state index contributed by atoms with van der Waals surface area (Å²) in [5.41, 5.74) is 0. The first-order valence-corrected chi connectivity index (χ1v) is 7.69. The number of aliphatic carboxylic acids is 1. The number of hydrogen-bond donors (Lipinski definition) is 2.